The summed E-state index contributed by atoms with van der Waals surface area (Å²) >= 11 is 0. The van der Waals surface area contributed by atoms with Gasteiger partial charge in [0.2, 0.25) is 10.0 Å². The van der Waals surface area contributed by atoms with E-state index in [1.54, 1.807) is 24.3 Å². The molecule has 3 aromatic carbocycles. The number of aliphatic carboxylic acids is 1. The Morgan fingerprint density at radius 2 is 1.77 bits per heavy atom. The van der Waals surface area contributed by atoms with Crippen LogP contribution in [-0.4, -0.2) is 48.4 Å². The molecule has 0 radical (unpaired) electrons. The van der Waals surface area contributed by atoms with Crippen LogP contribution in [0.15, 0.2) is 59.5 Å². The Bertz CT molecular complexity index is 1520. The van der Waals surface area contributed by atoms with Crippen molar-refractivity contribution in [1.29, 1.82) is 0 Å². The summed E-state index contributed by atoms with van der Waals surface area (Å²) in [7, 11) is -1.71. The van der Waals surface area contributed by atoms with E-state index in [1.165, 1.54) is 15.4 Å². The molecule has 1 unspecified atom stereocenters. The van der Waals surface area contributed by atoms with Gasteiger partial charge < -0.3 is 9.84 Å². The molecule has 0 aliphatic carbocycles. The van der Waals surface area contributed by atoms with Crippen LogP contribution in [0.2, 0.25) is 0 Å². The smallest absolute Gasteiger partial charge is 0.304 e. The summed E-state index contributed by atoms with van der Waals surface area (Å²) in [5.74, 6) is -0.823. The standard InChI is InChI=1S/C31H36N2O5S/c1-5-26-19-33(39(36,37)30-9-7-6-8-29(30)38-26)18-23-13-22(11-10-20(23)2)28(15-31(34)35)27-14-25-17-32(4)16-24(25)12-21(27)3/h6-14,26,28H,5,15-19H2,1-4H3,(H,34,35)/t26-,28?/m1/s1. The molecule has 0 fully saturated rings. The van der Waals surface area contributed by atoms with Crippen molar-refractivity contribution in [2.24, 2.45) is 0 Å². The molecule has 2 atom stereocenters. The molecule has 0 aromatic heterocycles. The fraction of sp³-hybridized carbons (Fsp3) is 0.387. The van der Waals surface area contributed by atoms with Gasteiger partial charge in [-0.15, -0.1) is 0 Å². The van der Waals surface area contributed by atoms with E-state index < -0.39 is 16.0 Å². The van der Waals surface area contributed by atoms with Crippen LogP contribution < -0.4 is 4.74 Å². The molecule has 39 heavy (non-hydrogen) atoms. The van der Waals surface area contributed by atoms with Crippen molar-refractivity contribution in [3.63, 3.8) is 0 Å². The van der Waals surface area contributed by atoms with Crippen molar-refractivity contribution in [2.75, 3.05) is 13.6 Å². The number of ether oxygens (including phenoxy) is 1. The number of benzene rings is 3. The van der Waals surface area contributed by atoms with Gasteiger partial charge in [-0.3, -0.25) is 9.69 Å². The second kappa shape index (κ2) is 10.8. The van der Waals surface area contributed by atoms with Gasteiger partial charge in [0.25, 0.3) is 0 Å². The number of hydrogen-bond acceptors (Lipinski definition) is 5. The third-order valence-corrected chi connectivity index (χ3v) is 9.82. The average Bonchev–Trinajstić information content (AvgIpc) is 3.20. The van der Waals surface area contributed by atoms with Crippen LogP contribution in [0.25, 0.3) is 0 Å². The van der Waals surface area contributed by atoms with Crippen molar-refractivity contribution in [1.82, 2.24) is 9.21 Å². The van der Waals surface area contributed by atoms with Crippen molar-refractivity contribution in [3.8, 4) is 5.75 Å². The summed E-state index contributed by atoms with van der Waals surface area (Å²) in [5.41, 5.74) is 7.31. The Kier molecular flexibility index (Phi) is 7.55. The number of sulfonamides is 1. The Balaban J connectivity index is 1.54. The van der Waals surface area contributed by atoms with Crippen LogP contribution in [0.1, 0.15) is 64.6 Å². The molecule has 206 valence electrons. The van der Waals surface area contributed by atoms with E-state index in [-0.39, 0.29) is 36.4 Å². The molecular weight excluding hydrogens is 512 g/mol. The van der Waals surface area contributed by atoms with E-state index in [0.29, 0.717) is 12.2 Å². The average molecular weight is 549 g/mol. The van der Waals surface area contributed by atoms with E-state index in [2.05, 4.69) is 24.1 Å². The zero-order valence-electron chi connectivity index (χ0n) is 23.0. The van der Waals surface area contributed by atoms with E-state index in [0.717, 1.165) is 40.9 Å². The van der Waals surface area contributed by atoms with Crippen LogP contribution in [0, 0.1) is 13.8 Å². The maximum absolute atomic E-state index is 13.7. The second-order valence-corrected chi connectivity index (χ2v) is 12.8. The van der Waals surface area contributed by atoms with Gasteiger partial charge in [0, 0.05) is 25.6 Å². The van der Waals surface area contributed by atoms with Gasteiger partial charge in [-0.1, -0.05) is 49.4 Å². The zero-order valence-corrected chi connectivity index (χ0v) is 23.8. The van der Waals surface area contributed by atoms with Gasteiger partial charge in [0.1, 0.15) is 16.7 Å². The molecule has 0 bridgehead atoms. The van der Waals surface area contributed by atoms with Gasteiger partial charge in [-0.05, 0) is 78.4 Å². The molecule has 0 amide bonds. The topological polar surface area (TPSA) is 87.2 Å². The number of hydrogen-bond donors (Lipinski definition) is 1. The minimum absolute atomic E-state index is 0.0426. The molecule has 0 saturated heterocycles. The number of aryl methyl sites for hydroxylation is 2. The van der Waals surface area contributed by atoms with E-state index in [9.17, 15) is 18.3 Å². The first-order chi connectivity index (χ1) is 18.6. The van der Waals surface area contributed by atoms with Gasteiger partial charge in [-0.2, -0.15) is 4.31 Å². The molecule has 0 saturated carbocycles. The summed E-state index contributed by atoms with van der Waals surface area (Å²) < 4.78 is 35.0. The number of carboxylic acids is 1. The summed E-state index contributed by atoms with van der Waals surface area (Å²) in [4.78, 5) is 14.4. The fourth-order valence-electron chi connectivity index (χ4n) is 5.79. The van der Waals surface area contributed by atoms with Gasteiger partial charge in [0.15, 0.2) is 0 Å². The lowest BCUT2D eigenvalue weighted by Gasteiger charge is -2.25. The summed E-state index contributed by atoms with van der Waals surface area (Å²) in [6.45, 7) is 8.17. The first-order valence-electron chi connectivity index (χ1n) is 13.4. The highest BCUT2D eigenvalue weighted by Crippen LogP contribution is 2.37. The quantitative estimate of drug-likeness (QED) is 0.436. The predicted octanol–water partition coefficient (Wildman–Crippen LogP) is 5.22. The third kappa shape index (κ3) is 5.46. The molecular formula is C31H36N2O5S. The molecule has 3 aromatic rings. The van der Waals surface area contributed by atoms with Crippen LogP contribution >= 0.6 is 0 Å². The highest BCUT2D eigenvalue weighted by molar-refractivity contribution is 7.89. The molecule has 7 nitrogen and oxygen atoms in total. The Labute approximate surface area is 231 Å². The van der Waals surface area contributed by atoms with Gasteiger partial charge >= 0.3 is 5.97 Å². The first kappa shape index (κ1) is 27.4. The monoisotopic (exact) mass is 548 g/mol. The van der Waals surface area contributed by atoms with Gasteiger partial charge in [0.05, 0.1) is 13.0 Å². The molecule has 2 aliphatic rings. The lowest BCUT2D eigenvalue weighted by molar-refractivity contribution is -0.137. The van der Waals surface area contributed by atoms with Gasteiger partial charge in [-0.25, -0.2) is 8.42 Å². The summed E-state index contributed by atoms with van der Waals surface area (Å²) in [6, 6.07) is 17.1. The normalized spacial score (nSPS) is 19.5. The Hall–Kier alpha value is -3.20. The number of carboxylic acid groups (broad SMARTS) is 1. The summed E-state index contributed by atoms with van der Waals surface area (Å²) in [5, 5.41) is 9.86. The molecule has 2 heterocycles. The molecule has 0 spiro atoms. The van der Waals surface area contributed by atoms with Crippen LogP contribution in [0.5, 0.6) is 5.75 Å². The Morgan fingerprint density at radius 3 is 2.49 bits per heavy atom. The molecule has 8 heteroatoms. The number of rotatable bonds is 7. The highest BCUT2D eigenvalue weighted by atomic mass is 32.2. The maximum Gasteiger partial charge on any atom is 0.304 e. The lowest BCUT2D eigenvalue weighted by atomic mass is 9.83. The largest absolute Gasteiger partial charge is 0.488 e. The number of nitrogens with zero attached hydrogens (tertiary/aromatic N) is 2. The number of fused-ring (bicyclic) bond motifs is 2. The SMILES string of the molecule is CC[C@@H]1CN(Cc2cc(C(CC(=O)O)c3cc4c(cc3C)CN(C)C4)ccc2C)S(=O)(=O)c2ccccc2O1. The summed E-state index contributed by atoms with van der Waals surface area (Å²) in [6.07, 6.45) is 0.366. The first-order valence-corrected chi connectivity index (χ1v) is 14.9. The van der Waals surface area contributed by atoms with Crippen molar-refractivity contribution >= 4 is 16.0 Å². The minimum Gasteiger partial charge on any atom is -0.488 e. The van der Waals surface area contributed by atoms with Crippen LogP contribution in [-0.2, 0) is 34.5 Å². The number of para-hydroxylation sites is 1. The van der Waals surface area contributed by atoms with E-state index in [1.807, 2.05) is 39.0 Å². The third-order valence-electron chi connectivity index (χ3n) is 7.97. The second-order valence-electron chi connectivity index (χ2n) is 10.9. The molecule has 5 rings (SSSR count). The van der Waals surface area contributed by atoms with Crippen LogP contribution in [0.3, 0.4) is 0 Å². The maximum atomic E-state index is 13.7. The van der Waals surface area contributed by atoms with E-state index >= 15 is 0 Å². The van der Waals surface area contributed by atoms with Crippen molar-refractivity contribution in [2.45, 2.75) is 70.2 Å². The molecule has 2 aliphatic heterocycles. The molecule has 1 N–H and O–H groups in total. The number of carbonyl (C=O) groups is 1. The van der Waals surface area contributed by atoms with Crippen molar-refractivity contribution in [3.05, 3.63) is 93.5 Å². The lowest BCUT2D eigenvalue weighted by Crippen LogP contribution is -2.36. The zero-order chi connectivity index (χ0) is 27.9. The minimum atomic E-state index is -3.79. The Morgan fingerprint density at radius 1 is 1.05 bits per heavy atom. The van der Waals surface area contributed by atoms with Crippen molar-refractivity contribution < 1.29 is 23.1 Å². The highest BCUT2D eigenvalue weighted by Gasteiger charge is 2.34. The predicted molar refractivity (Wildman–Crippen MR) is 150 cm³/mol. The van der Waals surface area contributed by atoms with E-state index in [4.69, 9.17) is 4.74 Å². The fourth-order valence-corrected chi connectivity index (χ4v) is 7.36. The van der Waals surface area contributed by atoms with Crippen LogP contribution in [0.4, 0.5) is 0 Å².